The molecule has 0 rings (SSSR count). The van der Waals surface area contributed by atoms with Crippen LogP contribution in [0.25, 0.3) is 0 Å². The molecule has 0 fully saturated rings. The maximum Gasteiger partial charge on any atom is 2.00 e. The van der Waals surface area contributed by atoms with Crippen molar-refractivity contribution in [2.45, 2.75) is 34.1 Å². The van der Waals surface area contributed by atoms with Crippen LogP contribution in [-0.4, -0.2) is 0 Å². The Labute approximate surface area is 73.7 Å². The molecule has 0 aliphatic rings. The Kier molecular flexibility index (Phi) is 9.35. The van der Waals surface area contributed by atoms with Crippen molar-refractivity contribution in [2.24, 2.45) is 5.92 Å². The summed E-state index contributed by atoms with van der Waals surface area (Å²) in [6.07, 6.45) is 3.49. The Morgan fingerprint density at radius 1 is 1.44 bits per heavy atom. The van der Waals surface area contributed by atoms with Crippen LogP contribution in [0.5, 0.6) is 0 Å². The number of rotatable bonds is 3. The van der Waals surface area contributed by atoms with E-state index < -0.39 is 0 Å². The zero-order chi connectivity index (χ0) is 6.57. The minimum Gasteiger partial charge on any atom is -0.331 e. The zero-order valence-corrected chi connectivity index (χ0v) is 9.70. The first kappa shape index (κ1) is 12.4. The molecule has 0 saturated heterocycles. The monoisotopic (exact) mass is 296 g/mol. The summed E-state index contributed by atoms with van der Waals surface area (Å²) in [5.41, 5.74) is 0. The van der Waals surface area contributed by atoms with Gasteiger partial charge in [-0.05, 0) is 0 Å². The van der Waals surface area contributed by atoms with Crippen molar-refractivity contribution in [3.05, 3.63) is 12.3 Å². The normalized spacial score (nSPS) is 13.0. The minimum absolute atomic E-state index is 0. The number of hydrogen-bond donors (Lipinski definition) is 0. The molecule has 0 aliphatic heterocycles. The standard InChI is InChI=1S/C8H16.W/c1-5-8(4)6-7(2)3;/h5,8H,6H2,1-4H3;/q-2;+2/t8-;/m0./s1. The van der Waals surface area contributed by atoms with Crippen LogP contribution in [0.2, 0.25) is 0 Å². The van der Waals surface area contributed by atoms with Gasteiger partial charge in [0.25, 0.3) is 0 Å². The van der Waals surface area contributed by atoms with Gasteiger partial charge in [0.1, 0.15) is 0 Å². The zero-order valence-electron chi connectivity index (χ0n) is 6.77. The molecule has 0 N–H and O–H groups in total. The fourth-order valence-electron chi connectivity index (χ4n) is 0.762. The van der Waals surface area contributed by atoms with Crippen molar-refractivity contribution in [3.8, 4) is 0 Å². The Morgan fingerprint density at radius 2 is 1.89 bits per heavy atom. The summed E-state index contributed by atoms with van der Waals surface area (Å²) in [6.45, 7) is 8.72. The Balaban J connectivity index is 0. The maximum atomic E-state index is 2.24. The molecule has 0 aromatic carbocycles. The molecule has 0 aliphatic carbocycles. The van der Waals surface area contributed by atoms with Crippen molar-refractivity contribution in [3.63, 3.8) is 0 Å². The van der Waals surface area contributed by atoms with Gasteiger partial charge in [0.2, 0.25) is 0 Å². The Morgan fingerprint density at radius 3 is 2.00 bits per heavy atom. The minimum atomic E-state index is 0. The van der Waals surface area contributed by atoms with E-state index in [1.54, 1.807) is 0 Å². The summed E-state index contributed by atoms with van der Waals surface area (Å²) in [6, 6.07) is 0. The van der Waals surface area contributed by atoms with Gasteiger partial charge < -0.3 is 12.3 Å². The molecular weight excluding hydrogens is 280 g/mol. The van der Waals surface area contributed by atoms with Gasteiger partial charge in [-0.1, -0.05) is 6.92 Å². The van der Waals surface area contributed by atoms with Crippen LogP contribution in [0.15, 0.2) is 0 Å². The van der Waals surface area contributed by atoms with E-state index in [1.165, 1.54) is 12.3 Å². The summed E-state index contributed by atoms with van der Waals surface area (Å²) in [5.74, 6) is 2.29. The second kappa shape index (κ2) is 6.80. The van der Waals surface area contributed by atoms with Gasteiger partial charge in [0.05, 0.1) is 0 Å². The van der Waals surface area contributed by atoms with E-state index in [0.717, 1.165) is 5.92 Å². The molecule has 1 atom stereocenters. The van der Waals surface area contributed by atoms with Gasteiger partial charge in [-0.25, -0.2) is 6.42 Å². The van der Waals surface area contributed by atoms with Crippen molar-refractivity contribution in [1.82, 2.24) is 0 Å². The molecule has 9 heavy (non-hydrogen) atoms. The maximum absolute atomic E-state index is 2.24. The van der Waals surface area contributed by atoms with Gasteiger partial charge in [-0.15, -0.1) is 0 Å². The molecule has 0 unspecified atom stereocenters. The predicted molar refractivity (Wildman–Crippen MR) is 38.3 cm³/mol. The summed E-state index contributed by atoms with van der Waals surface area (Å²) in [5, 5.41) is 0. The summed E-state index contributed by atoms with van der Waals surface area (Å²) < 4.78 is 0. The third kappa shape index (κ3) is 8.69. The SMILES string of the molecule is C[CH-][C@H](C)C[C-](C)C.[W+2]. The molecule has 0 aromatic heterocycles. The topological polar surface area (TPSA) is 0 Å². The third-order valence-corrected chi connectivity index (χ3v) is 1.30. The van der Waals surface area contributed by atoms with Gasteiger partial charge in [-0.2, -0.15) is 26.7 Å². The van der Waals surface area contributed by atoms with E-state index in [-0.39, 0.29) is 21.1 Å². The smallest absolute Gasteiger partial charge is 0.331 e. The van der Waals surface area contributed by atoms with Crippen molar-refractivity contribution in [1.29, 1.82) is 0 Å². The Hall–Kier alpha value is 0.688. The van der Waals surface area contributed by atoms with Crippen LogP contribution in [-0.2, 0) is 21.1 Å². The van der Waals surface area contributed by atoms with Crippen LogP contribution in [0.4, 0.5) is 0 Å². The van der Waals surface area contributed by atoms with Crippen molar-refractivity contribution in [2.75, 3.05) is 0 Å². The largest absolute Gasteiger partial charge is 2.00 e. The fraction of sp³-hybridized carbons (Fsp3) is 0.750. The van der Waals surface area contributed by atoms with Crippen LogP contribution in [0.3, 0.4) is 0 Å². The second-order valence-electron chi connectivity index (χ2n) is 2.72. The van der Waals surface area contributed by atoms with E-state index in [4.69, 9.17) is 0 Å². The fourth-order valence-corrected chi connectivity index (χ4v) is 0.762. The second-order valence-corrected chi connectivity index (χ2v) is 2.72. The first-order chi connectivity index (χ1) is 3.66. The van der Waals surface area contributed by atoms with E-state index in [2.05, 4.69) is 34.1 Å². The van der Waals surface area contributed by atoms with Gasteiger partial charge >= 0.3 is 21.1 Å². The third-order valence-electron chi connectivity index (χ3n) is 1.30. The van der Waals surface area contributed by atoms with E-state index >= 15 is 0 Å². The summed E-state index contributed by atoms with van der Waals surface area (Å²) in [4.78, 5) is 0. The summed E-state index contributed by atoms with van der Waals surface area (Å²) in [7, 11) is 0. The van der Waals surface area contributed by atoms with Crippen LogP contribution in [0, 0.1) is 18.3 Å². The molecule has 0 nitrogen and oxygen atoms in total. The average Bonchev–Trinajstić information content (AvgIpc) is 1.65. The molecular formula is C8H16W. The summed E-state index contributed by atoms with van der Waals surface area (Å²) >= 11 is 0. The van der Waals surface area contributed by atoms with Gasteiger partial charge in [0.15, 0.2) is 0 Å². The van der Waals surface area contributed by atoms with E-state index in [1.807, 2.05) is 0 Å². The van der Waals surface area contributed by atoms with Crippen LogP contribution in [0.1, 0.15) is 34.1 Å². The number of hydrogen-bond acceptors (Lipinski definition) is 0. The molecule has 0 heterocycles. The molecule has 0 spiro atoms. The molecule has 0 saturated carbocycles. The van der Waals surface area contributed by atoms with Crippen LogP contribution < -0.4 is 0 Å². The Bertz CT molecular complexity index is 50.5. The molecule has 0 radical (unpaired) electrons. The van der Waals surface area contributed by atoms with E-state index in [0.29, 0.717) is 0 Å². The first-order valence-electron chi connectivity index (χ1n) is 3.25. The molecule has 0 aromatic rings. The quantitative estimate of drug-likeness (QED) is 0.703. The average molecular weight is 296 g/mol. The molecule has 1 heteroatoms. The van der Waals surface area contributed by atoms with Crippen molar-refractivity contribution >= 4 is 0 Å². The predicted octanol–water partition coefficient (Wildman–Crippen LogP) is 2.85. The van der Waals surface area contributed by atoms with E-state index in [9.17, 15) is 0 Å². The molecule has 0 amide bonds. The first-order valence-corrected chi connectivity index (χ1v) is 3.25. The molecule has 54 valence electrons. The van der Waals surface area contributed by atoms with Crippen LogP contribution >= 0.6 is 0 Å². The molecule has 0 bridgehead atoms. The van der Waals surface area contributed by atoms with Gasteiger partial charge in [-0.3, -0.25) is 0 Å². The van der Waals surface area contributed by atoms with Gasteiger partial charge in [0, 0.05) is 0 Å². The van der Waals surface area contributed by atoms with Crippen molar-refractivity contribution < 1.29 is 21.1 Å².